The second-order valence-corrected chi connectivity index (χ2v) is 7.22. The van der Waals surface area contributed by atoms with Crippen LogP contribution in [-0.4, -0.2) is 24.2 Å². The Labute approximate surface area is 161 Å². The summed E-state index contributed by atoms with van der Waals surface area (Å²) in [6.45, 7) is 6.88. The lowest BCUT2D eigenvalue weighted by Crippen LogP contribution is -2.17. The maximum absolute atomic E-state index is 12.5. The molecule has 146 valence electrons. The first-order valence-electron chi connectivity index (χ1n) is 9.01. The van der Waals surface area contributed by atoms with Gasteiger partial charge in [0.2, 0.25) is 0 Å². The highest BCUT2D eigenvalue weighted by Crippen LogP contribution is 2.56. The molecule has 4 rings (SSSR count). The van der Waals surface area contributed by atoms with Crippen LogP contribution in [0.1, 0.15) is 48.3 Å². The van der Waals surface area contributed by atoms with Gasteiger partial charge < -0.3 is 18.9 Å². The molecule has 0 aromatic heterocycles. The fourth-order valence-corrected chi connectivity index (χ4v) is 3.95. The molecule has 0 radical (unpaired) electrons. The number of hydrogen-bond donors (Lipinski definition) is 0. The molecule has 1 saturated heterocycles. The van der Waals surface area contributed by atoms with Crippen molar-refractivity contribution in [3.63, 3.8) is 0 Å². The lowest BCUT2D eigenvalue weighted by atomic mass is 9.95. The topological polar surface area (TPSA) is 88.1 Å². The fourth-order valence-electron chi connectivity index (χ4n) is 3.95. The van der Waals surface area contributed by atoms with E-state index in [2.05, 4.69) is 0 Å². The molecule has 3 aliphatic rings. The van der Waals surface area contributed by atoms with Gasteiger partial charge in [-0.1, -0.05) is 12.1 Å². The Morgan fingerprint density at radius 2 is 1.86 bits per heavy atom. The highest BCUT2D eigenvalue weighted by Gasteiger charge is 2.54. The smallest absolute Gasteiger partial charge is 0.338 e. The van der Waals surface area contributed by atoms with E-state index in [1.165, 1.54) is 19.3 Å². The van der Waals surface area contributed by atoms with Crippen LogP contribution in [-0.2, 0) is 33.3 Å². The zero-order valence-corrected chi connectivity index (χ0v) is 16.0. The number of carbonyl (C=O) groups is 3. The molecular formula is C21H20O7. The van der Waals surface area contributed by atoms with Crippen molar-refractivity contribution in [2.45, 2.75) is 46.2 Å². The molecule has 1 fully saturated rings. The minimum Gasteiger partial charge on any atom is -0.458 e. The number of rotatable bonds is 3. The molecule has 2 aliphatic heterocycles. The largest absolute Gasteiger partial charge is 0.458 e. The first kappa shape index (κ1) is 18.3. The van der Waals surface area contributed by atoms with Crippen molar-refractivity contribution in [1.82, 2.24) is 0 Å². The average molecular weight is 384 g/mol. The summed E-state index contributed by atoms with van der Waals surface area (Å²) in [5.41, 5.74) is 4.45. The summed E-state index contributed by atoms with van der Waals surface area (Å²) < 4.78 is 21.7. The van der Waals surface area contributed by atoms with E-state index in [4.69, 9.17) is 18.9 Å². The first-order chi connectivity index (χ1) is 13.3. The molecule has 28 heavy (non-hydrogen) atoms. The second kappa shape index (κ2) is 6.51. The molecule has 1 aromatic rings. The molecule has 2 heterocycles. The maximum atomic E-state index is 12.5. The number of hydrogen-bond acceptors (Lipinski definition) is 7. The molecule has 0 bridgehead atoms. The molecule has 4 atom stereocenters. The predicted octanol–water partition coefficient (Wildman–Crippen LogP) is 2.87. The van der Waals surface area contributed by atoms with E-state index in [-0.39, 0.29) is 5.57 Å². The van der Waals surface area contributed by atoms with Gasteiger partial charge in [0.05, 0.1) is 17.8 Å². The van der Waals surface area contributed by atoms with Gasteiger partial charge in [0.1, 0.15) is 12.2 Å². The normalized spacial score (nSPS) is 29.1. The van der Waals surface area contributed by atoms with Crippen LogP contribution in [0.3, 0.4) is 0 Å². The molecule has 1 aromatic carbocycles. The van der Waals surface area contributed by atoms with Crippen molar-refractivity contribution in [3.8, 4) is 0 Å². The standard InChI is InChI=1S/C21H20O7/c1-9-5-6-13-16(11(9)3)19-17(18(13)26-12(4)22)14(21(24)28-19)8-25-15-7-10(2)20(23)27-15/h5-8,15,17-19H,1-4H3/b14-8+/t15-,17-,18+,19+/m1/s1. The fraction of sp³-hybridized carbons (Fsp3) is 0.381. The Morgan fingerprint density at radius 1 is 1.11 bits per heavy atom. The zero-order valence-electron chi connectivity index (χ0n) is 16.0. The van der Waals surface area contributed by atoms with Gasteiger partial charge in [-0.3, -0.25) is 4.79 Å². The van der Waals surface area contributed by atoms with Crippen LogP contribution in [0.2, 0.25) is 0 Å². The summed E-state index contributed by atoms with van der Waals surface area (Å²) in [4.78, 5) is 35.7. The van der Waals surface area contributed by atoms with Gasteiger partial charge in [-0.05, 0) is 31.9 Å². The van der Waals surface area contributed by atoms with Crippen LogP contribution < -0.4 is 0 Å². The minimum atomic E-state index is -0.896. The number of esters is 3. The van der Waals surface area contributed by atoms with Crippen LogP contribution in [0, 0.1) is 19.8 Å². The zero-order chi connectivity index (χ0) is 20.2. The lowest BCUT2D eigenvalue weighted by molar-refractivity contribution is -0.153. The third kappa shape index (κ3) is 2.78. The van der Waals surface area contributed by atoms with Gasteiger partial charge in [0.25, 0.3) is 6.29 Å². The lowest BCUT2D eigenvalue weighted by Gasteiger charge is -2.18. The number of fused-ring (bicyclic) bond motifs is 3. The number of ether oxygens (including phenoxy) is 4. The van der Waals surface area contributed by atoms with Gasteiger partial charge in [-0.2, -0.15) is 0 Å². The average Bonchev–Trinajstić information content (AvgIpc) is 3.21. The van der Waals surface area contributed by atoms with E-state index in [0.717, 1.165) is 22.3 Å². The molecular weight excluding hydrogens is 364 g/mol. The summed E-state index contributed by atoms with van der Waals surface area (Å²) in [6.07, 6.45) is 0.681. The highest BCUT2D eigenvalue weighted by atomic mass is 16.7. The van der Waals surface area contributed by atoms with Crippen LogP contribution in [0.25, 0.3) is 0 Å². The number of cyclic esters (lactones) is 1. The minimum absolute atomic E-state index is 0.249. The van der Waals surface area contributed by atoms with Gasteiger partial charge in [0.15, 0.2) is 0 Å². The molecule has 0 unspecified atom stereocenters. The van der Waals surface area contributed by atoms with Gasteiger partial charge in [-0.25, -0.2) is 9.59 Å². The SMILES string of the molecule is CC(=O)O[C@H]1c2ccc(C)c(C)c2[C@@H]2OC(=O)/C(=C/O[C@H]3C=C(C)C(=O)O3)[C@H]12. The van der Waals surface area contributed by atoms with Gasteiger partial charge >= 0.3 is 17.9 Å². The summed E-state index contributed by atoms with van der Waals surface area (Å²) in [5, 5.41) is 0. The summed E-state index contributed by atoms with van der Waals surface area (Å²) >= 11 is 0. The Kier molecular flexibility index (Phi) is 4.25. The van der Waals surface area contributed by atoms with Crippen molar-refractivity contribution < 1.29 is 33.3 Å². The van der Waals surface area contributed by atoms with Crippen molar-refractivity contribution in [3.05, 3.63) is 57.9 Å². The Bertz CT molecular complexity index is 956. The highest BCUT2D eigenvalue weighted by molar-refractivity contribution is 5.92. The van der Waals surface area contributed by atoms with Gasteiger partial charge in [0, 0.05) is 29.7 Å². The van der Waals surface area contributed by atoms with E-state index in [1.54, 1.807) is 6.92 Å². The van der Waals surface area contributed by atoms with E-state index < -0.39 is 42.3 Å². The Hall–Kier alpha value is -3.09. The van der Waals surface area contributed by atoms with E-state index in [1.807, 2.05) is 26.0 Å². The van der Waals surface area contributed by atoms with Crippen LogP contribution >= 0.6 is 0 Å². The molecule has 1 aliphatic carbocycles. The maximum Gasteiger partial charge on any atom is 0.338 e. The van der Waals surface area contributed by atoms with Crippen molar-refractivity contribution in [2.75, 3.05) is 0 Å². The van der Waals surface area contributed by atoms with E-state index in [9.17, 15) is 14.4 Å². The summed E-state index contributed by atoms with van der Waals surface area (Å²) in [7, 11) is 0. The van der Waals surface area contributed by atoms with Crippen LogP contribution in [0.5, 0.6) is 0 Å². The number of carbonyl (C=O) groups excluding carboxylic acids is 3. The van der Waals surface area contributed by atoms with Gasteiger partial charge in [-0.15, -0.1) is 0 Å². The summed E-state index contributed by atoms with van der Waals surface area (Å²) in [5.74, 6) is -1.97. The second-order valence-electron chi connectivity index (χ2n) is 7.22. The third-order valence-electron chi connectivity index (χ3n) is 5.44. The molecule has 7 nitrogen and oxygen atoms in total. The van der Waals surface area contributed by atoms with E-state index in [0.29, 0.717) is 5.57 Å². The predicted molar refractivity (Wildman–Crippen MR) is 95.6 cm³/mol. The molecule has 0 saturated carbocycles. The molecule has 0 N–H and O–H groups in total. The first-order valence-corrected chi connectivity index (χ1v) is 9.01. The van der Waals surface area contributed by atoms with Crippen LogP contribution in [0.4, 0.5) is 0 Å². The van der Waals surface area contributed by atoms with Crippen LogP contribution in [0.15, 0.2) is 35.6 Å². The number of benzene rings is 1. The molecule has 0 spiro atoms. The Morgan fingerprint density at radius 3 is 2.50 bits per heavy atom. The monoisotopic (exact) mass is 384 g/mol. The Balaban J connectivity index is 1.71. The van der Waals surface area contributed by atoms with Crippen molar-refractivity contribution >= 4 is 17.9 Å². The molecule has 0 amide bonds. The third-order valence-corrected chi connectivity index (χ3v) is 5.44. The van der Waals surface area contributed by atoms with Crippen molar-refractivity contribution in [2.24, 2.45) is 5.92 Å². The van der Waals surface area contributed by atoms with Crippen molar-refractivity contribution in [1.29, 1.82) is 0 Å². The quantitative estimate of drug-likeness (QED) is 0.343. The van der Waals surface area contributed by atoms with E-state index >= 15 is 0 Å². The summed E-state index contributed by atoms with van der Waals surface area (Å²) in [6, 6.07) is 3.86. The molecule has 7 heteroatoms. The number of aryl methyl sites for hydroxylation is 1.